The summed E-state index contributed by atoms with van der Waals surface area (Å²) in [6.45, 7) is 0.172. The van der Waals surface area contributed by atoms with Crippen LogP contribution >= 0.6 is 34.5 Å². The third-order valence-corrected chi connectivity index (χ3v) is 6.05. The largest absolute Gasteiger partial charge is 0.505 e. The Morgan fingerprint density at radius 2 is 1.90 bits per heavy atom. The Morgan fingerprint density at radius 3 is 2.52 bits per heavy atom. The molecule has 6 nitrogen and oxygen atoms in total. The van der Waals surface area contributed by atoms with Crippen molar-refractivity contribution in [2.45, 2.75) is 12.6 Å². The number of benzene rings is 1. The van der Waals surface area contributed by atoms with Crippen LogP contribution in [0.25, 0.3) is 5.76 Å². The molecule has 1 aliphatic heterocycles. The van der Waals surface area contributed by atoms with E-state index < -0.39 is 23.5 Å². The lowest BCUT2D eigenvalue weighted by atomic mass is 9.96. The highest BCUT2D eigenvalue weighted by atomic mass is 35.5. The fourth-order valence-corrected chi connectivity index (χ4v) is 4.55. The van der Waals surface area contributed by atoms with Crippen LogP contribution in [0.4, 0.5) is 0 Å². The molecule has 4 rings (SSSR count). The topological polar surface area (TPSA) is 83.4 Å². The van der Waals surface area contributed by atoms with Crippen molar-refractivity contribution >= 4 is 52.0 Å². The highest BCUT2D eigenvalue weighted by Gasteiger charge is 2.47. The fraction of sp³-hybridized carbons (Fsp3) is 0.100. The molecule has 1 atom stereocenters. The molecule has 29 heavy (non-hydrogen) atoms. The van der Waals surface area contributed by atoms with Crippen LogP contribution in [0.15, 0.2) is 59.9 Å². The first-order chi connectivity index (χ1) is 14.0. The van der Waals surface area contributed by atoms with Crippen LogP contribution in [0.1, 0.15) is 22.2 Å². The van der Waals surface area contributed by atoms with Crippen LogP contribution in [-0.2, 0) is 16.1 Å². The minimum absolute atomic E-state index is 0.0785. The van der Waals surface area contributed by atoms with E-state index >= 15 is 0 Å². The van der Waals surface area contributed by atoms with Gasteiger partial charge in [0.05, 0.1) is 24.4 Å². The van der Waals surface area contributed by atoms with E-state index in [1.165, 1.54) is 34.8 Å². The van der Waals surface area contributed by atoms with Crippen LogP contribution in [0.3, 0.4) is 0 Å². The lowest BCUT2D eigenvalue weighted by Crippen LogP contribution is -2.29. The van der Waals surface area contributed by atoms with E-state index in [-0.39, 0.29) is 27.9 Å². The summed E-state index contributed by atoms with van der Waals surface area (Å²) >= 11 is 14.3. The van der Waals surface area contributed by atoms with Crippen molar-refractivity contribution in [3.8, 4) is 0 Å². The van der Waals surface area contributed by atoms with Gasteiger partial charge in [0, 0.05) is 32.9 Å². The van der Waals surface area contributed by atoms with Crippen molar-refractivity contribution < 1.29 is 14.7 Å². The number of amides is 1. The van der Waals surface area contributed by atoms with Crippen LogP contribution in [0.2, 0.25) is 10.0 Å². The Morgan fingerprint density at radius 1 is 1.14 bits per heavy atom. The predicted molar refractivity (Wildman–Crippen MR) is 111 cm³/mol. The van der Waals surface area contributed by atoms with Gasteiger partial charge in [-0.05, 0) is 23.6 Å². The van der Waals surface area contributed by atoms with Gasteiger partial charge < -0.3 is 10.0 Å². The van der Waals surface area contributed by atoms with Crippen LogP contribution in [0.5, 0.6) is 0 Å². The normalized spacial score (nSPS) is 18.4. The van der Waals surface area contributed by atoms with Gasteiger partial charge in [0.25, 0.3) is 11.7 Å². The summed E-state index contributed by atoms with van der Waals surface area (Å²) in [5.41, 5.74) is 0.328. The number of aliphatic hydroxyl groups excluding tert-OH is 1. The zero-order valence-electron chi connectivity index (χ0n) is 14.8. The van der Waals surface area contributed by atoms with Crippen molar-refractivity contribution in [2.24, 2.45) is 0 Å². The molecule has 0 aliphatic carbocycles. The molecule has 1 N–H and O–H groups in total. The zero-order chi connectivity index (χ0) is 20.5. The van der Waals surface area contributed by atoms with Gasteiger partial charge in [-0.1, -0.05) is 35.3 Å². The number of likely N-dealkylation sites (tertiary alicyclic amines) is 1. The average molecular weight is 446 g/mol. The van der Waals surface area contributed by atoms with Crippen molar-refractivity contribution in [1.29, 1.82) is 0 Å². The van der Waals surface area contributed by atoms with Gasteiger partial charge in [-0.2, -0.15) is 0 Å². The minimum Gasteiger partial charge on any atom is -0.505 e. The molecule has 2 aromatic heterocycles. The number of aromatic nitrogens is 2. The Bertz CT molecular complexity index is 1100. The molecule has 146 valence electrons. The van der Waals surface area contributed by atoms with E-state index in [1.54, 1.807) is 18.2 Å². The molecule has 0 spiro atoms. The summed E-state index contributed by atoms with van der Waals surface area (Å²) in [6, 6.07) is 7.67. The molecule has 0 saturated carbocycles. The van der Waals surface area contributed by atoms with Crippen LogP contribution < -0.4 is 0 Å². The predicted octanol–water partition coefficient (Wildman–Crippen LogP) is 4.47. The highest BCUT2D eigenvalue weighted by molar-refractivity contribution is 7.09. The van der Waals surface area contributed by atoms with Crippen molar-refractivity contribution in [3.63, 3.8) is 0 Å². The first-order valence-electron chi connectivity index (χ1n) is 8.50. The maximum atomic E-state index is 12.9. The molecule has 1 aromatic carbocycles. The highest BCUT2D eigenvalue weighted by Crippen LogP contribution is 2.45. The van der Waals surface area contributed by atoms with E-state index in [9.17, 15) is 14.7 Å². The molecule has 0 radical (unpaired) electrons. The Balaban J connectivity index is 1.94. The molecule has 1 amide bonds. The molecule has 0 bridgehead atoms. The number of thiophene rings is 1. The Hall–Kier alpha value is -2.74. The van der Waals surface area contributed by atoms with Gasteiger partial charge in [-0.25, -0.2) is 4.98 Å². The quantitative estimate of drug-likeness (QED) is 0.363. The average Bonchev–Trinajstić information content (AvgIpc) is 3.31. The molecule has 3 aromatic rings. The Kier molecular flexibility index (Phi) is 5.36. The van der Waals surface area contributed by atoms with Crippen molar-refractivity contribution in [3.05, 3.63) is 86.1 Å². The van der Waals surface area contributed by atoms with Gasteiger partial charge in [0.15, 0.2) is 5.76 Å². The lowest BCUT2D eigenvalue weighted by molar-refractivity contribution is -0.140. The van der Waals surface area contributed by atoms with Gasteiger partial charge in [0.1, 0.15) is 5.69 Å². The van der Waals surface area contributed by atoms with Crippen LogP contribution in [0, 0.1) is 0 Å². The second kappa shape index (κ2) is 7.94. The minimum atomic E-state index is -0.958. The molecule has 1 saturated heterocycles. The number of Topliss-reactive ketones (excluding diaryl/α,β-unsaturated/α-hetero) is 1. The smallest absolute Gasteiger partial charge is 0.295 e. The summed E-state index contributed by atoms with van der Waals surface area (Å²) in [5.74, 6) is -2.00. The van der Waals surface area contributed by atoms with Crippen molar-refractivity contribution in [1.82, 2.24) is 14.9 Å². The number of nitrogens with zero attached hydrogens (tertiary/aromatic N) is 3. The standard InChI is InChI=1S/C20H13Cl2N3O3S/c21-12-4-1-5-13(22)15(12)17-16(18(26)14-9-23-6-7-24-14)19(27)20(28)25(17)10-11-3-2-8-29-11/h1-9,17,26H,10H2/b18-16+. The Labute approximate surface area is 180 Å². The number of hydrogen-bond acceptors (Lipinski definition) is 6. The number of hydrogen-bond donors (Lipinski definition) is 1. The van der Waals surface area contributed by atoms with Gasteiger partial charge in [0.2, 0.25) is 0 Å². The molecule has 1 unspecified atom stereocenters. The van der Waals surface area contributed by atoms with Gasteiger partial charge in [-0.15, -0.1) is 11.3 Å². The third kappa shape index (κ3) is 3.53. The number of halogens is 2. The SMILES string of the molecule is O=C1C(=O)N(Cc2cccs2)C(c2c(Cl)cccc2Cl)/C1=C(\O)c1cnccn1. The monoisotopic (exact) mass is 445 g/mol. The maximum Gasteiger partial charge on any atom is 0.295 e. The lowest BCUT2D eigenvalue weighted by Gasteiger charge is -2.26. The number of ketones is 1. The molecule has 3 heterocycles. The maximum absolute atomic E-state index is 12.9. The van der Waals surface area contributed by atoms with Crippen molar-refractivity contribution in [2.75, 3.05) is 0 Å². The number of carbonyl (C=O) groups is 2. The zero-order valence-corrected chi connectivity index (χ0v) is 17.1. The van der Waals surface area contributed by atoms with Gasteiger partial charge in [-0.3, -0.25) is 14.6 Å². The molecule has 9 heteroatoms. The molecular formula is C20H13Cl2N3O3S. The summed E-state index contributed by atoms with van der Waals surface area (Å²) in [7, 11) is 0. The molecular weight excluding hydrogens is 433 g/mol. The van der Waals surface area contributed by atoms with Crippen LogP contribution in [-0.4, -0.2) is 31.7 Å². The molecule has 1 aliphatic rings. The fourth-order valence-electron chi connectivity index (χ4n) is 3.24. The first-order valence-corrected chi connectivity index (χ1v) is 10.1. The van der Waals surface area contributed by atoms with E-state index in [0.29, 0.717) is 5.56 Å². The van der Waals surface area contributed by atoms with Gasteiger partial charge >= 0.3 is 0 Å². The number of aliphatic hydroxyl groups is 1. The second-order valence-electron chi connectivity index (χ2n) is 6.23. The number of rotatable bonds is 4. The summed E-state index contributed by atoms with van der Waals surface area (Å²) < 4.78 is 0. The first kappa shape index (κ1) is 19.6. The van der Waals surface area contributed by atoms with E-state index in [4.69, 9.17) is 23.2 Å². The van der Waals surface area contributed by atoms with E-state index in [2.05, 4.69) is 9.97 Å². The second-order valence-corrected chi connectivity index (χ2v) is 8.08. The third-order valence-electron chi connectivity index (χ3n) is 4.53. The summed E-state index contributed by atoms with van der Waals surface area (Å²) in [6.07, 6.45) is 4.14. The number of carbonyl (C=O) groups excluding carboxylic acids is 2. The summed E-state index contributed by atoms with van der Waals surface area (Å²) in [4.78, 5) is 36.0. The molecule has 1 fully saturated rings. The van der Waals surface area contributed by atoms with E-state index in [1.807, 2.05) is 17.5 Å². The summed E-state index contributed by atoms with van der Waals surface area (Å²) in [5, 5.41) is 13.3. The van der Waals surface area contributed by atoms with E-state index in [0.717, 1.165) is 4.88 Å².